The van der Waals surface area contributed by atoms with E-state index >= 15 is 0 Å². The van der Waals surface area contributed by atoms with Crippen molar-refractivity contribution in [2.75, 3.05) is 5.75 Å². The number of carbonyl (C=O) groups excluding carboxylic acids is 2. The minimum Gasteiger partial charge on any atom is -0.448 e. The first-order chi connectivity index (χ1) is 15.5. The van der Waals surface area contributed by atoms with Crippen molar-refractivity contribution < 1.29 is 50.1 Å². The first-order valence-corrected chi connectivity index (χ1v) is 13.2. The summed E-state index contributed by atoms with van der Waals surface area (Å²) < 4.78 is 80.5. The summed E-state index contributed by atoms with van der Waals surface area (Å²) in [5, 5.41) is 11.4. The SMILES string of the molecule is O=C(OC(CS(=O)(=O)O)C(F)(F)F)c1ccc(OC(=O)c2cc(I)cc(I)c2I)cc1[N+](=O)[O-]. The maximum Gasteiger partial charge on any atom is 0.426 e. The normalized spacial score (nSPS) is 12.7. The Morgan fingerprint density at radius 2 is 1.71 bits per heavy atom. The number of alkyl halides is 3. The van der Waals surface area contributed by atoms with Crippen molar-refractivity contribution in [1.82, 2.24) is 0 Å². The molecule has 17 heteroatoms. The maximum atomic E-state index is 13.0. The molecule has 0 heterocycles. The van der Waals surface area contributed by atoms with Crippen LogP contribution in [0.4, 0.5) is 18.9 Å². The fourth-order valence-electron chi connectivity index (χ4n) is 2.34. The zero-order valence-electron chi connectivity index (χ0n) is 16.0. The van der Waals surface area contributed by atoms with Crippen molar-refractivity contribution >= 4 is 95.5 Å². The second-order valence-corrected chi connectivity index (χ2v) is 11.2. The first-order valence-electron chi connectivity index (χ1n) is 8.37. The molecule has 0 radical (unpaired) electrons. The van der Waals surface area contributed by atoms with Crippen molar-refractivity contribution in [2.24, 2.45) is 0 Å². The smallest absolute Gasteiger partial charge is 0.426 e. The molecule has 0 aliphatic heterocycles. The Kier molecular flexibility index (Phi) is 9.49. The topological polar surface area (TPSA) is 150 Å². The molecule has 10 nitrogen and oxygen atoms in total. The van der Waals surface area contributed by atoms with Gasteiger partial charge in [-0.3, -0.25) is 14.7 Å². The number of nitrogens with zero attached hydrogens (tertiary/aromatic N) is 1. The van der Waals surface area contributed by atoms with Gasteiger partial charge in [-0.05, 0) is 92.0 Å². The average molecular weight is 841 g/mol. The minimum atomic E-state index is -5.39. The quantitative estimate of drug-likeness (QED) is 0.0803. The Balaban J connectivity index is 2.36. The predicted octanol–water partition coefficient (Wildman–Crippen LogP) is 4.60. The Hall–Kier alpha value is -1.33. The summed E-state index contributed by atoms with van der Waals surface area (Å²) in [6.07, 6.45) is -8.67. The molecular weight excluding hydrogens is 832 g/mol. The highest BCUT2D eigenvalue weighted by atomic mass is 127. The van der Waals surface area contributed by atoms with Gasteiger partial charge in [-0.2, -0.15) is 21.6 Å². The summed E-state index contributed by atoms with van der Waals surface area (Å²) in [6.45, 7) is 0. The second-order valence-electron chi connectivity index (χ2n) is 6.26. The van der Waals surface area contributed by atoms with Gasteiger partial charge < -0.3 is 9.47 Å². The highest BCUT2D eigenvalue weighted by molar-refractivity contribution is 14.1. The molecule has 0 aromatic heterocycles. The second kappa shape index (κ2) is 11.2. The van der Waals surface area contributed by atoms with E-state index in [0.717, 1.165) is 9.64 Å². The minimum absolute atomic E-state index is 0.154. The highest BCUT2D eigenvalue weighted by Gasteiger charge is 2.46. The van der Waals surface area contributed by atoms with Crippen molar-refractivity contribution in [2.45, 2.75) is 12.3 Å². The third-order valence-electron chi connectivity index (χ3n) is 3.79. The van der Waals surface area contributed by atoms with E-state index < -0.39 is 56.3 Å². The third-order valence-corrected chi connectivity index (χ3v) is 8.18. The summed E-state index contributed by atoms with van der Waals surface area (Å²) in [7, 11) is -5.21. The molecule has 0 saturated carbocycles. The van der Waals surface area contributed by atoms with Gasteiger partial charge in [-0.15, -0.1) is 0 Å². The number of carbonyl (C=O) groups is 2. The van der Waals surface area contributed by atoms with Crippen LogP contribution in [0.15, 0.2) is 30.3 Å². The molecule has 0 amide bonds. The molecular formula is C17H9F3I3NO9S. The number of rotatable bonds is 7. The molecule has 0 fully saturated rings. The molecule has 0 aliphatic carbocycles. The van der Waals surface area contributed by atoms with Gasteiger partial charge >= 0.3 is 18.1 Å². The zero-order valence-corrected chi connectivity index (χ0v) is 23.3. The molecule has 2 aromatic carbocycles. The fraction of sp³-hybridized carbons (Fsp3) is 0.176. The number of ether oxygens (including phenoxy) is 2. The summed E-state index contributed by atoms with van der Waals surface area (Å²) in [5.74, 6) is -5.14. The Morgan fingerprint density at radius 1 is 1.09 bits per heavy atom. The summed E-state index contributed by atoms with van der Waals surface area (Å²) in [4.78, 5) is 35.0. The molecule has 0 spiro atoms. The standard InChI is InChI=1S/C17H9F3I3NO9S/c18-17(19,20)13(6-34(29,30)31)33-15(25)9-2-1-8(5-12(9)24(27)28)32-16(26)10-3-7(21)4-11(22)14(10)23/h1-5,13H,6H2,(H,29,30,31). The van der Waals surface area contributed by atoms with Gasteiger partial charge in [0.05, 0.1) is 16.6 Å². The van der Waals surface area contributed by atoms with Crippen molar-refractivity contribution in [3.63, 3.8) is 0 Å². The molecule has 2 aromatic rings. The lowest BCUT2D eigenvalue weighted by Gasteiger charge is -2.19. The lowest BCUT2D eigenvalue weighted by molar-refractivity contribution is -0.385. The molecule has 1 N–H and O–H groups in total. The molecule has 0 bridgehead atoms. The van der Waals surface area contributed by atoms with Crippen LogP contribution in [0.25, 0.3) is 0 Å². The molecule has 184 valence electrons. The van der Waals surface area contributed by atoms with Crippen LogP contribution in [0.1, 0.15) is 20.7 Å². The van der Waals surface area contributed by atoms with Gasteiger partial charge in [0.1, 0.15) is 17.1 Å². The maximum absolute atomic E-state index is 13.0. The largest absolute Gasteiger partial charge is 0.448 e. The number of hydrogen-bond donors (Lipinski definition) is 1. The molecule has 2 rings (SSSR count). The summed E-state index contributed by atoms with van der Waals surface area (Å²) in [6, 6.07) is 5.54. The van der Waals surface area contributed by atoms with E-state index in [1.807, 2.05) is 67.8 Å². The van der Waals surface area contributed by atoms with Crippen LogP contribution < -0.4 is 4.74 Å². The van der Waals surface area contributed by atoms with Gasteiger partial charge in [0.25, 0.3) is 15.8 Å². The van der Waals surface area contributed by atoms with Crippen molar-refractivity contribution in [3.8, 4) is 5.75 Å². The summed E-state index contributed by atoms with van der Waals surface area (Å²) in [5.41, 5.74) is -1.87. The van der Waals surface area contributed by atoms with Crippen molar-refractivity contribution in [1.29, 1.82) is 0 Å². The predicted molar refractivity (Wildman–Crippen MR) is 134 cm³/mol. The number of halogens is 6. The van der Waals surface area contributed by atoms with Crippen LogP contribution in [0.5, 0.6) is 5.75 Å². The van der Waals surface area contributed by atoms with Crippen LogP contribution >= 0.6 is 67.8 Å². The van der Waals surface area contributed by atoms with E-state index in [2.05, 4.69) is 4.74 Å². The van der Waals surface area contributed by atoms with E-state index in [1.54, 1.807) is 6.07 Å². The number of hydrogen-bond acceptors (Lipinski definition) is 8. The van der Waals surface area contributed by atoms with Crippen LogP contribution in [0.2, 0.25) is 0 Å². The lowest BCUT2D eigenvalue weighted by atomic mass is 10.1. The number of nitro benzene ring substituents is 1. The Morgan fingerprint density at radius 3 is 2.24 bits per heavy atom. The van der Waals surface area contributed by atoms with Gasteiger partial charge in [0, 0.05) is 10.7 Å². The molecule has 0 saturated heterocycles. The Labute approximate surface area is 229 Å². The fourth-order valence-corrected chi connectivity index (χ4v) is 5.36. The van der Waals surface area contributed by atoms with Crippen molar-refractivity contribution in [3.05, 3.63) is 62.3 Å². The number of nitro groups is 1. The van der Waals surface area contributed by atoms with Gasteiger partial charge in [-0.25, -0.2) is 9.59 Å². The lowest BCUT2D eigenvalue weighted by Crippen LogP contribution is -2.39. The average Bonchev–Trinajstić information content (AvgIpc) is 2.68. The summed E-state index contributed by atoms with van der Waals surface area (Å²) >= 11 is 5.87. The first kappa shape index (κ1) is 28.9. The molecule has 0 aliphatic rings. The van der Waals surface area contributed by atoms with E-state index in [0.29, 0.717) is 19.3 Å². The van der Waals surface area contributed by atoms with E-state index in [-0.39, 0.29) is 11.3 Å². The van der Waals surface area contributed by atoms with Crippen LogP contribution in [-0.4, -0.2) is 47.9 Å². The Bertz CT molecular complexity index is 1270. The number of benzene rings is 2. The van der Waals surface area contributed by atoms with Crippen LogP contribution in [0, 0.1) is 20.8 Å². The van der Waals surface area contributed by atoms with Gasteiger partial charge in [0.2, 0.25) is 6.10 Å². The van der Waals surface area contributed by atoms with E-state index in [4.69, 9.17) is 9.29 Å². The highest BCUT2D eigenvalue weighted by Crippen LogP contribution is 2.30. The van der Waals surface area contributed by atoms with E-state index in [1.165, 1.54) is 6.07 Å². The van der Waals surface area contributed by atoms with Crippen LogP contribution in [-0.2, 0) is 14.9 Å². The molecule has 34 heavy (non-hydrogen) atoms. The molecule has 1 atom stereocenters. The molecule has 1 unspecified atom stereocenters. The third kappa shape index (κ3) is 7.84. The monoisotopic (exact) mass is 841 g/mol. The number of esters is 2. The van der Waals surface area contributed by atoms with Gasteiger partial charge in [0.15, 0.2) is 0 Å². The zero-order chi connectivity index (χ0) is 26.0. The van der Waals surface area contributed by atoms with Crippen LogP contribution in [0.3, 0.4) is 0 Å². The van der Waals surface area contributed by atoms with E-state index in [9.17, 15) is 41.3 Å². The van der Waals surface area contributed by atoms with Gasteiger partial charge in [-0.1, -0.05) is 0 Å².